The first-order chi connectivity index (χ1) is 11.5. The van der Waals surface area contributed by atoms with Crippen molar-refractivity contribution in [2.75, 3.05) is 5.73 Å². The molecule has 0 spiro atoms. The van der Waals surface area contributed by atoms with Crippen LogP contribution in [-0.2, 0) is 0 Å². The number of carbonyl (C=O) groups is 1. The average molecular weight is 342 g/mol. The Balaban J connectivity index is 1.82. The summed E-state index contributed by atoms with van der Waals surface area (Å²) in [6.07, 6.45) is 1.44. The molecule has 122 valence electrons. The number of nitrogens with two attached hydrogens (primary N) is 1. The maximum absolute atomic E-state index is 12.8. The number of carbonyl (C=O) groups excluding carboxylic acids is 1. The zero-order valence-corrected chi connectivity index (χ0v) is 13.9. The van der Waals surface area contributed by atoms with E-state index in [-0.39, 0.29) is 5.82 Å². The first-order valence-electron chi connectivity index (χ1n) is 7.21. The molecule has 2 aromatic heterocycles. The zero-order valence-electron chi connectivity index (χ0n) is 13.1. The smallest absolute Gasteiger partial charge is 0.283 e. The number of rotatable bonds is 3. The van der Waals surface area contributed by atoms with Gasteiger partial charge in [0.15, 0.2) is 0 Å². The average Bonchev–Trinajstić information content (AvgIpc) is 2.86. The van der Waals surface area contributed by atoms with Gasteiger partial charge in [0.05, 0.1) is 11.9 Å². The molecule has 0 bridgehead atoms. The lowest BCUT2D eigenvalue weighted by Gasteiger charge is -2.00. The molecule has 0 radical (unpaired) electrons. The number of nitrogens with one attached hydrogen (secondary N) is 1. The SMILES string of the molecule is Cc1cc(C)c2c(N)c(C(=O)NN=Cc3ccc(F)cc3)sc2n1. The maximum atomic E-state index is 12.8. The largest absolute Gasteiger partial charge is 0.397 e. The molecule has 3 aromatic rings. The molecule has 0 unspecified atom stereocenters. The minimum Gasteiger partial charge on any atom is -0.397 e. The summed E-state index contributed by atoms with van der Waals surface area (Å²) in [7, 11) is 0. The van der Waals surface area contributed by atoms with Crippen LogP contribution in [0.5, 0.6) is 0 Å². The second kappa shape index (κ2) is 6.37. The van der Waals surface area contributed by atoms with Crippen LogP contribution in [0.25, 0.3) is 10.2 Å². The van der Waals surface area contributed by atoms with Crippen molar-refractivity contribution in [1.82, 2.24) is 10.4 Å². The summed E-state index contributed by atoms with van der Waals surface area (Å²) >= 11 is 1.24. The topological polar surface area (TPSA) is 80.4 Å². The number of thiophene rings is 1. The molecular weight excluding hydrogens is 327 g/mol. The van der Waals surface area contributed by atoms with Crippen molar-refractivity contribution in [3.63, 3.8) is 0 Å². The predicted octanol–water partition coefficient (Wildman–Crippen LogP) is 3.40. The molecule has 2 heterocycles. The molecule has 0 saturated heterocycles. The lowest BCUT2D eigenvalue weighted by molar-refractivity contribution is 0.0960. The molecule has 5 nitrogen and oxygen atoms in total. The second-order valence-corrected chi connectivity index (χ2v) is 6.36. The van der Waals surface area contributed by atoms with E-state index in [9.17, 15) is 9.18 Å². The minimum absolute atomic E-state index is 0.326. The van der Waals surface area contributed by atoms with Gasteiger partial charge in [-0.3, -0.25) is 4.79 Å². The van der Waals surface area contributed by atoms with Crippen LogP contribution >= 0.6 is 11.3 Å². The second-order valence-electron chi connectivity index (χ2n) is 5.36. The number of halogens is 1. The first kappa shape index (κ1) is 16.1. The Morgan fingerprint density at radius 3 is 2.75 bits per heavy atom. The van der Waals surface area contributed by atoms with Crippen LogP contribution < -0.4 is 11.2 Å². The van der Waals surface area contributed by atoms with E-state index in [1.54, 1.807) is 12.1 Å². The van der Waals surface area contributed by atoms with Crippen molar-refractivity contribution in [2.45, 2.75) is 13.8 Å². The Kier molecular flexibility index (Phi) is 4.26. The van der Waals surface area contributed by atoms with E-state index >= 15 is 0 Å². The Bertz CT molecular complexity index is 947. The third kappa shape index (κ3) is 3.11. The number of aromatic nitrogens is 1. The van der Waals surface area contributed by atoms with E-state index in [4.69, 9.17) is 5.73 Å². The van der Waals surface area contributed by atoms with E-state index < -0.39 is 5.91 Å². The van der Waals surface area contributed by atoms with Gasteiger partial charge in [-0.1, -0.05) is 12.1 Å². The van der Waals surface area contributed by atoms with Crippen LogP contribution in [0.15, 0.2) is 35.4 Å². The quantitative estimate of drug-likeness (QED) is 0.565. The Labute approximate surface area is 142 Å². The molecule has 1 aromatic carbocycles. The standard InChI is InChI=1S/C17H15FN4OS/c1-9-7-10(2)21-17-13(9)14(19)15(24-17)16(23)22-20-8-11-3-5-12(18)6-4-11/h3-8H,19H2,1-2H3,(H,22,23). The van der Waals surface area contributed by atoms with Crippen molar-refractivity contribution >= 4 is 39.4 Å². The summed E-state index contributed by atoms with van der Waals surface area (Å²) in [5.74, 6) is -0.724. The highest BCUT2D eigenvalue weighted by atomic mass is 32.1. The van der Waals surface area contributed by atoms with Crippen LogP contribution in [-0.4, -0.2) is 17.1 Å². The maximum Gasteiger partial charge on any atom is 0.283 e. The highest BCUT2D eigenvalue weighted by Gasteiger charge is 2.18. The molecule has 0 aliphatic rings. The van der Waals surface area contributed by atoms with Crippen LogP contribution in [0, 0.1) is 19.7 Å². The molecule has 0 saturated carbocycles. The van der Waals surface area contributed by atoms with Crippen LogP contribution in [0.3, 0.4) is 0 Å². The van der Waals surface area contributed by atoms with Gasteiger partial charge in [0, 0.05) is 11.1 Å². The van der Waals surface area contributed by atoms with Crippen LogP contribution in [0.2, 0.25) is 0 Å². The third-order valence-electron chi connectivity index (χ3n) is 3.48. The van der Waals surface area contributed by atoms with Gasteiger partial charge in [0.25, 0.3) is 5.91 Å². The number of hydrogen-bond acceptors (Lipinski definition) is 5. The molecule has 3 rings (SSSR count). The van der Waals surface area contributed by atoms with Crippen molar-refractivity contribution < 1.29 is 9.18 Å². The molecule has 0 aliphatic carbocycles. The number of hydrogen-bond donors (Lipinski definition) is 2. The van der Waals surface area contributed by atoms with Gasteiger partial charge in [0.2, 0.25) is 0 Å². The number of benzene rings is 1. The van der Waals surface area contributed by atoms with Gasteiger partial charge in [-0.2, -0.15) is 5.10 Å². The number of amides is 1. The van der Waals surface area contributed by atoms with Gasteiger partial charge in [-0.05, 0) is 43.2 Å². The summed E-state index contributed by atoms with van der Waals surface area (Å²) in [5, 5.41) is 4.69. The Hall–Kier alpha value is -2.80. The van der Waals surface area contributed by atoms with E-state index in [1.807, 2.05) is 19.9 Å². The number of nitrogen functional groups attached to an aromatic ring is 1. The monoisotopic (exact) mass is 342 g/mol. The molecule has 0 atom stereocenters. The number of aryl methyl sites for hydroxylation is 2. The van der Waals surface area contributed by atoms with Gasteiger partial charge < -0.3 is 5.73 Å². The van der Waals surface area contributed by atoms with Crippen molar-refractivity contribution in [3.05, 3.63) is 57.8 Å². The van der Waals surface area contributed by atoms with Crippen LogP contribution in [0.1, 0.15) is 26.5 Å². The lowest BCUT2D eigenvalue weighted by Crippen LogP contribution is -2.17. The van der Waals surface area contributed by atoms with Gasteiger partial charge >= 0.3 is 0 Å². The van der Waals surface area contributed by atoms with Crippen molar-refractivity contribution in [2.24, 2.45) is 5.10 Å². The fourth-order valence-electron chi connectivity index (χ4n) is 2.40. The molecule has 0 aliphatic heterocycles. The number of nitrogens with zero attached hydrogens (tertiary/aromatic N) is 2. The lowest BCUT2D eigenvalue weighted by atomic mass is 10.1. The van der Waals surface area contributed by atoms with Gasteiger partial charge in [-0.25, -0.2) is 14.8 Å². The Morgan fingerprint density at radius 2 is 2.04 bits per heavy atom. The van der Waals surface area contributed by atoms with E-state index in [2.05, 4.69) is 15.5 Å². The number of fused-ring (bicyclic) bond motifs is 1. The molecule has 1 amide bonds. The van der Waals surface area contributed by atoms with Gasteiger partial charge in [0.1, 0.15) is 15.5 Å². The molecular formula is C17H15FN4OS. The van der Waals surface area contributed by atoms with Crippen molar-refractivity contribution in [1.29, 1.82) is 0 Å². The van der Waals surface area contributed by atoms with Gasteiger partial charge in [-0.15, -0.1) is 11.3 Å². The normalized spacial score (nSPS) is 11.3. The number of anilines is 1. The van der Waals surface area contributed by atoms with Crippen molar-refractivity contribution in [3.8, 4) is 0 Å². The number of hydrazone groups is 1. The Morgan fingerprint density at radius 1 is 1.33 bits per heavy atom. The summed E-state index contributed by atoms with van der Waals surface area (Å²) in [6, 6.07) is 7.71. The number of pyridine rings is 1. The summed E-state index contributed by atoms with van der Waals surface area (Å²) in [4.78, 5) is 17.8. The fraction of sp³-hybridized carbons (Fsp3) is 0.118. The minimum atomic E-state index is -0.397. The molecule has 7 heteroatoms. The fourth-order valence-corrected chi connectivity index (χ4v) is 3.51. The summed E-state index contributed by atoms with van der Waals surface area (Å²) < 4.78 is 12.8. The molecule has 0 fully saturated rings. The predicted molar refractivity (Wildman–Crippen MR) is 95.0 cm³/mol. The molecule has 24 heavy (non-hydrogen) atoms. The highest BCUT2D eigenvalue weighted by molar-refractivity contribution is 7.21. The van der Waals surface area contributed by atoms with E-state index in [0.717, 1.165) is 21.5 Å². The third-order valence-corrected chi connectivity index (χ3v) is 4.58. The summed E-state index contributed by atoms with van der Waals surface area (Å²) in [5.41, 5.74) is 11.5. The van der Waals surface area contributed by atoms with Crippen LogP contribution in [0.4, 0.5) is 10.1 Å². The first-order valence-corrected chi connectivity index (χ1v) is 8.02. The summed E-state index contributed by atoms with van der Waals surface area (Å²) in [6.45, 7) is 3.84. The zero-order chi connectivity index (χ0) is 17.3. The van der Waals surface area contributed by atoms with E-state index in [0.29, 0.717) is 16.1 Å². The molecule has 3 N–H and O–H groups in total. The van der Waals surface area contributed by atoms with E-state index in [1.165, 1.54) is 29.7 Å². The highest BCUT2D eigenvalue weighted by Crippen LogP contribution is 2.34.